The number of nitrogens with one attached hydrogen (secondary N) is 1. The van der Waals surface area contributed by atoms with E-state index in [-0.39, 0.29) is 10.9 Å². The van der Waals surface area contributed by atoms with Crippen LogP contribution in [0.2, 0.25) is 18.1 Å². The van der Waals surface area contributed by atoms with Gasteiger partial charge >= 0.3 is 0 Å². The largest absolute Gasteiger partial charge is 0.544 e. The van der Waals surface area contributed by atoms with Gasteiger partial charge in [0.15, 0.2) is 0 Å². The van der Waals surface area contributed by atoms with Crippen LogP contribution in [0.3, 0.4) is 0 Å². The number of carbonyl (C=O) groups excluding carboxylic acids is 1. The zero-order valence-corrected chi connectivity index (χ0v) is 13.4. The van der Waals surface area contributed by atoms with Crippen molar-refractivity contribution in [1.29, 1.82) is 0 Å². The van der Waals surface area contributed by atoms with Gasteiger partial charge in [0.1, 0.15) is 5.75 Å². The van der Waals surface area contributed by atoms with Crippen molar-refractivity contribution in [2.75, 3.05) is 5.32 Å². The molecule has 1 aromatic rings. The van der Waals surface area contributed by atoms with Crippen molar-refractivity contribution in [3.8, 4) is 5.75 Å². The van der Waals surface area contributed by atoms with Gasteiger partial charge in [-0.3, -0.25) is 4.79 Å². The number of hydrogen-bond acceptors (Lipinski definition) is 2. The van der Waals surface area contributed by atoms with E-state index < -0.39 is 8.32 Å². The predicted molar refractivity (Wildman–Crippen MR) is 83.1 cm³/mol. The van der Waals surface area contributed by atoms with Gasteiger partial charge in [0, 0.05) is 5.69 Å². The fraction of sp³-hybridized carbons (Fsp3) is 0.400. The van der Waals surface area contributed by atoms with E-state index in [0.717, 1.165) is 11.4 Å². The van der Waals surface area contributed by atoms with Crippen molar-refractivity contribution in [2.45, 2.75) is 38.9 Å². The van der Waals surface area contributed by atoms with Crippen LogP contribution in [0, 0.1) is 0 Å². The maximum absolute atomic E-state index is 11.2. The SMILES string of the molecule is C=CC(=O)Nc1ccc(O[Si](C)(C)C(C)(C)C)cc1. The molecular weight excluding hydrogens is 254 g/mol. The summed E-state index contributed by atoms with van der Waals surface area (Å²) in [5, 5.41) is 2.88. The fourth-order valence-corrected chi connectivity index (χ4v) is 2.28. The Morgan fingerprint density at radius 1 is 1.26 bits per heavy atom. The highest BCUT2D eigenvalue weighted by molar-refractivity contribution is 6.74. The van der Waals surface area contributed by atoms with E-state index in [2.05, 4.69) is 45.8 Å². The molecule has 0 saturated carbocycles. The van der Waals surface area contributed by atoms with Crippen molar-refractivity contribution >= 4 is 19.9 Å². The summed E-state index contributed by atoms with van der Waals surface area (Å²) in [7, 11) is -1.81. The highest BCUT2D eigenvalue weighted by Crippen LogP contribution is 2.37. The number of hydrogen-bond donors (Lipinski definition) is 1. The monoisotopic (exact) mass is 277 g/mol. The molecule has 0 spiro atoms. The molecule has 0 fully saturated rings. The van der Waals surface area contributed by atoms with E-state index in [1.165, 1.54) is 6.08 Å². The molecule has 1 rings (SSSR count). The summed E-state index contributed by atoms with van der Waals surface area (Å²) >= 11 is 0. The molecule has 0 aromatic heterocycles. The Morgan fingerprint density at radius 3 is 2.21 bits per heavy atom. The van der Waals surface area contributed by atoms with Gasteiger partial charge in [-0.2, -0.15) is 0 Å². The smallest absolute Gasteiger partial charge is 0.250 e. The molecule has 1 amide bonds. The van der Waals surface area contributed by atoms with Crippen LogP contribution in [0.15, 0.2) is 36.9 Å². The summed E-state index contributed by atoms with van der Waals surface area (Å²) in [4.78, 5) is 11.2. The summed E-state index contributed by atoms with van der Waals surface area (Å²) in [6, 6.07) is 7.45. The number of benzene rings is 1. The van der Waals surface area contributed by atoms with Crippen LogP contribution in [0.25, 0.3) is 0 Å². The summed E-state index contributed by atoms with van der Waals surface area (Å²) < 4.78 is 6.16. The van der Waals surface area contributed by atoms with E-state index in [1.54, 1.807) is 0 Å². The first kappa shape index (κ1) is 15.5. The third-order valence-corrected chi connectivity index (χ3v) is 7.84. The van der Waals surface area contributed by atoms with Crippen molar-refractivity contribution in [2.24, 2.45) is 0 Å². The van der Waals surface area contributed by atoms with Crippen LogP contribution < -0.4 is 9.74 Å². The molecule has 0 aliphatic carbocycles. The minimum atomic E-state index is -1.81. The Hall–Kier alpha value is -1.55. The van der Waals surface area contributed by atoms with E-state index in [0.29, 0.717) is 0 Å². The average Bonchev–Trinajstić information content (AvgIpc) is 2.29. The molecule has 3 nitrogen and oxygen atoms in total. The second kappa shape index (κ2) is 5.61. The molecule has 19 heavy (non-hydrogen) atoms. The van der Waals surface area contributed by atoms with Gasteiger partial charge in [0.25, 0.3) is 0 Å². The van der Waals surface area contributed by atoms with Crippen LogP contribution in [0.1, 0.15) is 20.8 Å². The Kier molecular flexibility index (Phi) is 4.58. The summed E-state index contributed by atoms with van der Waals surface area (Å²) in [6.45, 7) is 14.5. The molecule has 0 saturated heterocycles. The first-order chi connectivity index (χ1) is 8.65. The lowest BCUT2D eigenvalue weighted by molar-refractivity contribution is -0.111. The zero-order chi connectivity index (χ0) is 14.7. The van der Waals surface area contributed by atoms with E-state index >= 15 is 0 Å². The van der Waals surface area contributed by atoms with Gasteiger partial charge in [-0.1, -0.05) is 27.4 Å². The maximum atomic E-state index is 11.2. The van der Waals surface area contributed by atoms with Gasteiger partial charge in [-0.05, 0) is 48.5 Å². The third kappa shape index (κ3) is 4.24. The normalized spacial score (nSPS) is 11.8. The number of rotatable bonds is 4. The molecule has 0 bridgehead atoms. The lowest BCUT2D eigenvalue weighted by atomic mass is 10.2. The molecule has 104 valence electrons. The molecule has 0 aliphatic rings. The Morgan fingerprint density at radius 2 is 1.79 bits per heavy atom. The lowest BCUT2D eigenvalue weighted by Crippen LogP contribution is -2.43. The fourth-order valence-electron chi connectivity index (χ4n) is 1.25. The summed E-state index contributed by atoms with van der Waals surface area (Å²) in [5.41, 5.74) is 0.743. The van der Waals surface area contributed by atoms with Gasteiger partial charge in [0.05, 0.1) is 0 Å². The Labute approximate surface area is 116 Å². The second-order valence-corrected chi connectivity index (χ2v) is 10.8. The van der Waals surface area contributed by atoms with Crippen LogP contribution >= 0.6 is 0 Å². The molecule has 1 aromatic carbocycles. The minimum Gasteiger partial charge on any atom is -0.544 e. The number of anilines is 1. The molecule has 4 heteroatoms. The maximum Gasteiger partial charge on any atom is 0.250 e. The predicted octanol–water partition coefficient (Wildman–Crippen LogP) is 4.20. The van der Waals surface area contributed by atoms with Crippen LogP contribution in [-0.2, 0) is 4.79 Å². The third-order valence-electron chi connectivity index (χ3n) is 3.49. The molecule has 1 N–H and O–H groups in total. The molecule has 0 atom stereocenters. The van der Waals surface area contributed by atoms with Crippen LogP contribution in [0.5, 0.6) is 5.75 Å². The molecule has 0 unspecified atom stereocenters. The van der Waals surface area contributed by atoms with Crippen molar-refractivity contribution in [1.82, 2.24) is 0 Å². The van der Waals surface area contributed by atoms with Crippen molar-refractivity contribution < 1.29 is 9.22 Å². The first-order valence-corrected chi connectivity index (χ1v) is 9.29. The second-order valence-electron chi connectivity index (χ2n) is 6.08. The summed E-state index contributed by atoms with van der Waals surface area (Å²) in [5.74, 6) is 0.640. The molecule has 0 radical (unpaired) electrons. The lowest BCUT2D eigenvalue weighted by Gasteiger charge is -2.36. The van der Waals surface area contributed by atoms with Crippen molar-refractivity contribution in [3.63, 3.8) is 0 Å². The van der Waals surface area contributed by atoms with E-state index in [4.69, 9.17) is 4.43 Å². The van der Waals surface area contributed by atoms with Crippen molar-refractivity contribution in [3.05, 3.63) is 36.9 Å². The zero-order valence-electron chi connectivity index (χ0n) is 12.4. The first-order valence-electron chi connectivity index (χ1n) is 6.38. The Bertz CT molecular complexity index is 458. The van der Waals surface area contributed by atoms with Gasteiger partial charge in [-0.15, -0.1) is 0 Å². The Balaban J connectivity index is 2.77. The quantitative estimate of drug-likeness (QED) is 0.662. The number of amides is 1. The minimum absolute atomic E-state index is 0.169. The molecule has 0 aliphatic heterocycles. The topological polar surface area (TPSA) is 38.3 Å². The average molecular weight is 277 g/mol. The van der Waals surface area contributed by atoms with Gasteiger partial charge in [0.2, 0.25) is 14.2 Å². The molecule has 0 heterocycles. The molecular formula is C15H23NO2Si. The van der Waals surface area contributed by atoms with Crippen LogP contribution in [-0.4, -0.2) is 14.2 Å². The highest BCUT2D eigenvalue weighted by Gasteiger charge is 2.38. The summed E-state index contributed by atoms with van der Waals surface area (Å²) in [6.07, 6.45) is 1.25. The van der Waals surface area contributed by atoms with Crippen LogP contribution in [0.4, 0.5) is 5.69 Å². The standard InChI is InChI=1S/C15H23NO2Si/c1-7-14(17)16-12-8-10-13(11-9-12)18-19(5,6)15(2,3)4/h7-11H,1H2,2-6H3,(H,16,17). The van der Waals surface area contributed by atoms with Gasteiger partial charge < -0.3 is 9.74 Å². The van der Waals surface area contributed by atoms with E-state index in [9.17, 15) is 4.79 Å². The number of carbonyl (C=O) groups is 1. The van der Waals surface area contributed by atoms with Gasteiger partial charge in [-0.25, -0.2) is 0 Å². The van der Waals surface area contributed by atoms with E-state index in [1.807, 2.05) is 24.3 Å². The highest BCUT2D eigenvalue weighted by atomic mass is 28.4.